The molecule has 2 fully saturated rings. The molecule has 2 amide bonds. The van der Waals surface area contributed by atoms with E-state index in [1.54, 1.807) is 0 Å². The summed E-state index contributed by atoms with van der Waals surface area (Å²) in [4.78, 5) is 24.3. The molecule has 4 nitrogen and oxygen atoms in total. The van der Waals surface area contributed by atoms with Crippen molar-refractivity contribution in [3.05, 3.63) is 28.8 Å². The first kappa shape index (κ1) is 18.0. The predicted octanol–water partition coefficient (Wildman–Crippen LogP) is 3.99. The van der Waals surface area contributed by atoms with Gasteiger partial charge in [0.15, 0.2) is 0 Å². The highest BCUT2D eigenvalue weighted by atomic mass is 35.5. The highest BCUT2D eigenvalue weighted by Gasteiger charge is 2.48. The maximum Gasteiger partial charge on any atom is 0.416 e. The Morgan fingerprint density at radius 1 is 1.08 bits per heavy atom. The van der Waals surface area contributed by atoms with Gasteiger partial charge in [-0.05, 0) is 37.5 Å². The minimum absolute atomic E-state index is 0.0222. The Balaban J connectivity index is 1.59. The SMILES string of the molecule is O=C(Nc1cc(C(F)(F)F)ccc1Cl)C1CC1C(=O)NC1CCCC1. The highest BCUT2D eigenvalue weighted by molar-refractivity contribution is 6.33. The van der Waals surface area contributed by atoms with Gasteiger partial charge in [-0.15, -0.1) is 0 Å². The van der Waals surface area contributed by atoms with Crippen molar-refractivity contribution in [3.8, 4) is 0 Å². The minimum Gasteiger partial charge on any atom is -0.353 e. The van der Waals surface area contributed by atoms with Crippen LogP contribution in [-0.2, 0) is 15.8 Å². The number of benzene rings is 1. The molecule has 0 spiro atoms. The van der Waals surface area contributed by atoms with Crippen LogP contribution < -0.4 is 10.6 Å². The molecule has 25 heavy (non-hydrogen) atoms. The Morgan fingerprint density at radius 3 is 2.36 bits per heavy atom. The highest BCUT2D eigenvalue weighted by Crippen LogP contribution is 2.41. The van der Waals surface area contributed by atoms with E-state index in [1.165, 1.54) is 0 Å². The maximum atomic E-state index is 12.8. The number of hydrogen-bond donors (Lipinski definition) is 2. The van der Waals surface area contributed by atoms with E-state index in [4.69, 9.17) is 11.6 Å². The molecule has 1 aromatic carbocycles. The van der Waals surface area contributed by atoms with Crippen LogP contribution in [-0.4, -0.2) is 17.9 Å². The zero-order valence-electron chi connectivity index (χ0n) is 13.3. The topological polar surface area (TPSA) is 58.2 Å². The minimum atomic E-state index is -4.52. The third-order valence-corrected chi connectivity index (χ3v) is 5.05. The van der Waals surface area contributed by atoms with Crippen LogP contribution in [0.25, 0.3) is 0 Å². The number of rotatable bonds is 4. The fourth-order valence-corrected chi connectivity index (χ4v) is 3.34. The third-order valence-electron chi connectivity index (χ3n) is 4.72. The quantitative estimate of drug-likeness (QED) is 0.837. The summed E-state index contributed by atoms with van der Waals surface area (Å²) in [6, 6.07) is 2.93. The summed E-state index contributed by atoms with van der Waals surface area (Å²) in [6.07, 6.45) is -0.0280. The molecule has 8 heteroatoms. The van der Waals surface area contributed by atoms with E-state index in [9.17, 15) is 22.8 Å². The van der Waals surface area contributed by atoms with Crippen LogP contribution in [0.15, 0.2) is 18.2 Å². The smallest absolute Gasteiger partial charge is 0.353 e. The van der Waals surface area contributed by atoms with Gasteiger partial charge in [0.2, 0.25) is 11.8 Å². The van der Waals surface area contributed by atoms with Crippen LogP contribution in [0, 0.1) is 11.8 Å². The van der Waals surface area contributed by atoms with Crippen molar-refractivity contribution in [2.24, 2.45) is 11.8 Å². The zero-order valence-corrected chi connectivity index (χ0v) is 14.1. The summed E-state index contributed by atoms with van der Waals surface area (Å²) < 4.78 is 38.3. The van der Waals surface area contributed by atoms with Gasteiger partial charge in [0.25, 0.3) is 0 Å². The van der Waals surface area contributed by atoms with Crippen LogP contribution in [0.2, 0.25) is 5.02 Å². The number of halogens is 4. The number of nitrogens with one attached hydrogen (secondary N) is 2. The van der Waals surface area contributed by atoms with Crippen LogP contribution >= 0.6 is 11.6 Å². The van der Waals surface area contributed by atoms with Gasteiger partial charge in [0.1, 0.15) is 0 Å². The Kier molecular flexibility index (Phi) is 4.95. The third kappa shape index (κ3) is 4.26. The van der Waals surface area contributed by atoms with Gasteiger partial charge in [-0.25, -0.2) is 0 Å². The molecule has 2 saturated carbocycles. The lowest BCUT2D eigenvalue weighted by molar-refractivity contribution is -0.137. The zero-order chi connectivity index (χ0) is 18.2. The standard InChI is InChI=1S/C17H18ClF3N2O2/c18-13-6-5-9(17(19,20)21)7-14(13)23-16(25)12-8-11(12)15(24)22-10-3-1-2-4-10/h5-7,10-12H,1-4,8H2,(H,22,24)(H,23,25). The number of amides is 2. The van der Waals surface area contributed by atoms with E-state index in [2.05, 4.69) is 10.6 Å². The molecule has 0 radical (unpaired) electrons. The molecular weight excluding hydrogens is 357 g/mol. The largest absolute Gasteiger partial charge is 0.416 e. The van der Waals surface area contributed by atoms with Crippen molar-refractivity contribution in [1.82, 2.24) is 5.32 Å². The van der Waals surface area contributed by atoms with E-state index in [0.717, 1.165) is 43.9 Å². The van der Waals surface area contributed by atoms with Gasteiger partial charge in [-0.1, -0.05) is 24.4 Å². The molecule has 2 atom stereocenters. The molecule has 2 unspecified atom stereocenters. The second-order valence-electron chi connectivity index (χ2n) is 6.62. The summed E-state index contributed by atoms with van der Waals surface area (Å²) in [5.41, 5.74) is -0.984. The van der Waals surface area contributed by atoms with Crippen molar-refractivity contribution >= 4 is 29.1 Å². The number of hydrogen-bond acceptors (Lipinski definition) is 2. The summed E-state index contributed by atoms with van der Waals surface area (Å²) in [7, 11) is 0. The number of alkyl halides is 3. The van der Waals surface area contributed by atoms with Gasteiger partial charge in [0, 0.05) is 6.04 Å². The van der Waals surface area contributed by atoms with Crippen LogP contribution in [0.4, 0.5) is 18.9 Å². The molecule has 136 valence electrons. The molecule has 0 bridgehead atoms. The van der Waals surface area contributed by atoms with Crippen molar-refractivity contribution in [3.63, 3.8) is 0 Å². The Labute approximate surface area is 148 Å². The number of carbonyl (C=O) groups excluding carboxylic acids is 2. The summed E-state index contributed by atoms with van der Waals surface area (Å²) in [5, 5.41) is 5.37. The fraction of sp³-hybridized carbons (Fsp3) is 0.529. The molecule has 2 aliphatic carbocycles. The van der Waals surface area contributed by atoms with Crippen LogP contribution in [0.5, 0.6) is 0 Å². The second-order valence-corrected chi connectivity index (χ2v) is 7.03. The van der Waals surface area contributed by atoms with E-state index in [1.807, 2.05) is 0 Å². The molecule has 0 heterocycles. The maximum absolute atomic E-state index is 12.8. The molecule has 3 rings (SSSR count). The second kappa shape index (κ2) is 6.86. The van der Waals surface area contributed by atoms with Crippen molar-refractivity contribution in [1.29, 1.82) is 0 Å². The van der Waals surface area contributed by atoms with E-state index in [-0.39, 0.29) is 22.7 Å². The lowest BCUT2D eigenvalue weighted by Crippen LogP contribution is -2.34. The molecule has 0 aromatic heterocycles. The van der Waals surface area contributed by atoms with E-state index in [0.29, 0.717) is 6.42 Å². The Morgan fingerprint density at radius 2 is 1.72 bits per heavy atom. The molecule has 0 aliphatic heterocycles. The normalized spacial score (nSPS) is 23.4. The van der Waals surface area contributed by atoms with E-state index >= 15 is 0 Å². The first-order chi connectivity index (χ1) is 11.8. The van der Waals surface area contributed by atoms with Gasteiger partial charge < -0.3 is 10.6 Å². The first-order valence-electron chi connectivity index (χ1n) is 8.23. The average Bonchev–Trinajstić information content (AvgIpc) is 3.19. The van der Waals surface area contributed by atoms with Crippen LogP contribution in [0.3, 0.4) is 0 Å². The lowest BCUT2D eigenvalue weighted by Gasteiger charge is -2.13. The average molecular weight is 375 g/mol. The summed E-state index contributed by atoms with van der Waals surface area (Å²) >= 11 is 5.87. The number of anilines is 1. The fourth-order valence-electron chi connectivity index (χ4n) is 3.18. The van der Waals surface area contributed by atoms with Crippen molar-refractivity contribution in [2.45, 2.75) is 44.3 Å². The Bertz CT molecular complexity index is 687. The summed E-state index contributed by atoms with van der Waals surface area (Å²) in [6.45, 7) is 0. The van der Waals surface area contributed by atoms with Gasteiger partial charge in [0.05, 0.1) is 28.1 Å². The van der Waals surface area contributed by atoms with Crippen molar-refractivity contribution in [2.75, 3.05) is 5.32 Å². The lowest BCUT2D eigenvalue weighted by atomic mass is 10.2. The molecule has 2 N–H and O–H groups in total. The Hall–Kier alpha value is -1.76. The molecule has 0 saturated heterocycles. The van der Waals surface area contributed by atoms with Gasteiger partial charge >= 0.3 is 6.18 Å². The van der Waals surface area contributed by atoms with E-state index < -0.39 is 29.5 Å². The summed E-state index contributed by atoms with van der Waals surface area (Å²) in [5.74, 6) is -1.56. The molecular formula is C17H18ClF3N2O2. The molecule has 2 aliphatic rings. The molecule has 1 aromatic rings. The van der Waals surface area contributed by atoms with Crippen LogP contribution in [0.1, 0.15) is 37.7 Å². The predicted molar refractivity (Wildman–Crippen MR) is 87.1 cm³/mol. The first-order valence-corrected chi connectivity index (χ1v) is 8.61. The van der Waals surface area contributed by atoms with Gasteiger partial charge in [-0.3, -0.25) is 9.59 Å². The van der Waals surface area contributed by atoms with Crippen molar-refractivity contribution < 1.29 is 22.8 Å². The number of carbonyl (C=O) groups is 2. The monoisotopic (exact) mass is 374 g/mol. The van der Waals surface area contributed by atoms with Gasteiger partial charge in [-0.2, -0.15) is 13.2 Å².